The summed E-state index contributed by atoms with van der Waals surface area (Å²) in [6, 6.07) is 16.4. The van der Waals surface area contributed by atoms with Gasteiger partial charge < -0.3 is 10.1 Å². The van der Waals surface area contributed by atoms with E-state index >= 15 is 0 Å². The number of hydrogen-bond acceptors (Lipinski definition) is 2. The van der Waals surface area contributed by atoms with Crippen LogP contribution in [0.1, 0.15) is 11.1 Å². The normalized spacial score (nSPS) is 16.5. The molecule has 0 aliphatic carbocycles. The highest BCUT2D eigenvalue weighted by atomic mass is 35.5. The molecular weight excluding hydrogens is 270 g/mol. The summed E-state index contributed by atoms with van der Waals surface area (Å²) in [6.45, 7) is 1.91. The van der Waals surface area contributed by atoms with Crippen LogP contribution in [0.4, 0.5) is 0 Å². The minimum atomic E-state index is 0.0764. The van der Waals surface area contributed by atoms with Crippen LogP contribution in [0.25, 0.3) is 0 Å². The molecule has 0 atom stereocenters. The molecule has 20 heavy (non-hydrogen) atoms. The van der Waals surface area contributed by atoms with Gasteiger partial charge in [-0.05, 0) is 29.7 Å². The molecule has 2 nitrogen and oxygen atoms in total. The molecular formula is C17H18ClNO. The molecule has 2 aromatic carbocycles. The SMILES string of the molecule is COc1ccccc1CC1(c2ccccc2Cl)CNC1. The molecule has 104 valence electrons. The highest BCUT2D eigenvalue weighted by Crippen LogP contribution is 2.38. The second-order valence-corrected chi connectivity index (χ2v) is 5.76. The predicted molar refractivity (Wildman–Crippen MR) is 82.7 cm³/mol. The van der Waals surface area contributed by atoms with E-state index in [2.05, 4.69) is 29.6 Å². The van der Waals surface area contributed by atoms with Crippen molar-refractivity contribution in [1.29, 1.82) is 0 Å². The molecule has 3 heteroatoms. The third-order valence-electron chi connectivity index (χ3n) is 4.09. The van der Waals surface area contributed by atoms with Crippen LogP contribution in [0.2, 0.25) is 5.02 Å². The number of benzene rings is 2. The smallest absolute Gasteiger partial charge is 0.122 e. The topological polar surface area (TPSA) is 21.3 Å². The Morgan fingerprint density at radius 1 is 1.10 bits per heavy atom. The maximum absolute atomic E-state index is 6.40. The largest absolute Gasteiger partial charge is 0.496 e. The summed E-state index contributed by atoms with van der Waals surface area (Å²) in [4.78, 5) is 0. The predicted octanol–water partition coefficient (Wildman–Crippen LogP) is 3.43. The van der Waals surface area contributed by atoms with Crippen molar-refractivity contribution in [2.75, 3.05) is 20.2 Å². The van der Waals surface area contributed by atoms with Crippen molar-refractivity contribution in [3.05, 3.63) is 64.7 Å². The standard InChI is InChI=1S/C17H18ClNO/c1-20-16-9-5-2-6-13(16)10-17(11-19-12-17)14-7-3-4-8-15(14)18/h2-9,19H,10-12H2,1H3. The fourth-order valence-electron chi connectivity index (χ4n) is 2.94. The Hall–Kier alpha value is -1.51. The zero-order chi connectivity index (χ0) is 14.0. The van der Waals surface area contributed by atoms with Crippen LogP contribution in [0.15, 0.2) is 48.5 Å². The van der Waals surface area contributed by atoms with Gasteiger partial charge in [0.05, 0.1) is 7.11 Å². The van der Waals surface area contributed by atoms with Gasteiger partial charge in [0.15, 0.2) is 0 Å². The third-order valence-corrected chi connectivity index (χ3v) is 4.42. The van der Waals surface area contributed by atoms with Gasteiger partial charge in [0.1, 0.15) is 5.75 Å². The molecule has 1 fully saturated rings. The van der Waals surface area contributed by atoms with Crippen LogP contribution in [0, 0.1) is 0 Å². The van der Waals surface area contributed by atoms with E-state index in [-0.39, 0.29) is 5.41 Å². The number of para-hydroxylation sites is 1. The van der Waals surface area contributed by atoms with Crippen LogP contribution in [0.5, 0.6) is 5.75 Å². The quantitative estimate of drug-likeness (QED) is 0.930. The van der Waals surface area contributed by atoms with Crippen LogP contribution in [-0.2, 0) is 11.8 Å². The molecule has 0 radical (unpaired) electrons. The molecule has 1 heterocycles. The third kappa shape index (κ3) is 2.30. The summed E-state index contributed by atoms with van der Waals surface area (Å²) < 4.78 is 5.47. The van der Waals surface area contributed by atoms with Gasteiger partial charge in [0.25, 0.3) is 0 Å². The molecule has 0 unspecified atom stereocenters. The Balaban J connectivity index is 1.96. The number of halogens is 1. The molecule has 3 rings (SSSR count). The van der Waals surface area contributed by atoms with Gasteiger partial charge in [-0.1, -0.05) is 48.0 Å². The molecule has 2 aromatic rings. The van der Waals surface area contributed by atoms with Crippen molar-refractivity contribution in [3.8, 4) is 5.75 Å². The zero-order valence-electron chi connectivity index (χ0n) is 11.5. The average molecular weight is 288 g/mol. The monoisotopic (exact) mass is 287 g/mol. The highest BCUT2D eigenvalue weighted by Gasteiger charge is 2.40. The summed E-state index contributed by atoms with van der Waals surface area (Å²) in [5.74, 6) is 0.950. The average Bonchev–Trinajstić information content (AvgIpc) is 2.44. The van der Waals surface area contributed by atoms with Crippen molar-refractivity contribution < 1.29 is 4.74 Å². The Morgan fingerprint density at radius 3 is 2.45 bits per heavy atom. The van der Waals surface area contributed by atoms with Gasteiger partial charge in [-0.25, -0.2) is 0 Å². The van der Waals surface area contributed by atoms with Crippen LogP contribution in [-0.4, -0.2) is 20.2 Å². The molecule has 0 spiro atoms. The van der Waals surface area contributed by atoms with E-state index in [1.807, 2.05) is 24.3 Å². The Morgan fingerprint density at radius 2 is 1.80 bits per heavy atom. The lowest BCUT2D eigenvalue weighted by Crippen LogP contribution is -2.58. The van der Waals surface area contributed by atoms with Crippen LogP contribution >= 0.6 is 11.6 Å². The van der Waals surface area contributed by atoms with Gasteiger partial charge in [0, 0.05) is 23.5 Å². The summed E-state index contributed by atoms with van der Waals surface area (Å²) >= 11 is 6.40. The first-order valence-electron chi connectivity index (χ1n) is 6.83. The minimum absolute atomic E-state index is 0.0764. The second-order valence-electron chi connectivity index (χ2n) is 5.35. The molecule has 1 aliphatic heterocycles. The van der Waals surface area contributed by atoms with Gasteiger partial charge in [-0.2, -0.15) is 0 Å². The van der Waals surface area contributed by atoms with Crippen molar-refractivity contribution >= 4 is 11.6 Å². The van der Waals surface area contributed by atoms with Gasteiger partial charge in [-0.15, -0.1) is 0 Å². The fourth-order valence-corrected chi connectivity index (χ4v) is 3.28. The summed E-state index contributed by atoms with van der Waals surface area (Å²) in [5.41, 5.74) is 2.54. The minimum Gasteiger partial charge on any atom is -0.496 e. The first-order valence-corrected chi connectivity index (χ1v) is 7.21. The van der Waals surface area contributed by atoms with Gasteiger partial charge in [-0.3, -0.25) is 0 Å². The Labute approximate surface area is 124 Å². The first-order chi connectivity index (χ1) is 9.75. The number of hydrogen-bond donors (Lipinski definition) is 1. The van der Waals surface area contributed by atoms with E-state index in [0.29, 0.717) is 0 Å². The van der Waals surface area contributed by atoms with Gasteiger partial charge >= 0.3 is 0 Å². The van der Waals surface area contributed by atoms with Crippen LogP contribution in [0.3, 0.4) is 0 Å². The van der Waals surface area contributed by atoms with Crippen molar-refractivity contribution in [3.63, 3.8) is 0 Å². The van der Waals surface area contributed by atoms with Crippen molar-refractivity contribution in [2.45, 2.75) is 11.8 Å². The molecule has 1 N–H and O–H groups in total. The van der Waals surface area contributed by atoms with Gasteiger partial charge in [0.2, 0.25) is 0 Å². The van der Waals surface area contributed by atoms with E-state index in [4.69, 9.17) is 16.3 Å². The maximum Gasteiger partial charge on any atom is 0.122 e. The highest BCUT2D eigenvalue weighted by molar-refractivity contribution is 6.31. The molecule has 0 bridgehead atoms. The molecule has 0 aromatic heterocycles. The molecule has 1 saturated heterocycles. The molecule has 0 saturated carbocycles. The summed E-state index contributed by atoms with van der Waals surface area (Å²) in [5, 5.41) is 4.24. The number of nitrogens with one attached hydrogen (secondary N) is 1. The van der Waals surface area contributed by atoms with Crippen LogP contribution < -0.4 is 10.1 Å². The lowest BCUT2D eigenvalue weighted by atomic mass is 9.71. The molecule has 1 aliphatic rings. The maximum atomic E-state index is 6.40. The lowest BCUT2D eigenvalue weighted by molar-refractivity contribution is 0.271. The lowest BCUT2D eigenvalue weighted by Gasteiger charge is -2.44. The molecule has 0 amide bonds. The number of methoxy groups -OCH3 is 1. The van der Waals surface area contributed by atoms with E-state index < -0.39 is 0 Å². The zero-order valence-corrected chi connectivity index (χ0v) is 12.3. The van der Waals surface area contributed by atoms with E-state index in [1.54, 1.807) is 7.11 Å². The Kier molecular flexibility index (Phi) is 3.68. The van der Waals surface area contributed by atoms with Crippen molar-refractivity contribution in [1.82, 2.24) is 5.32 Å². The van der Waals surface area contributed by atoms with E-state index in [1.165, 1.54) is 11.1 Å². The van der Waals surface area contributed by atoms with Crippen molar-refractivity contribution in [2.24, 2.45) is 0 Å². The number of rotatable bonds is 4. The van der Waals surface area contributed by atoms with E-state index in [9.17, 15) is 0 Å². The Bertz CT molecular complexity index is 607. The summed E-state index contributed by atoms with van der Waals surface area (Å²) in [7, 11) is 1.72. The number of ether oxygens (including phenoxy) is 1. The first kappa shape index (κ1) is 13.5. The van der Waals surface area contributed by atoms with E-state index in [0.717, 1.165) is 30.3 Å². The summed E-state index contributed by atoms with van der Waals surface area (Å²) in [6.07, 6.45) is 0.938. The second kappa shape index (κ2) is 5.47. The fraction of sp³-hybridized carbons (Fsp3) is 0.294.